The molecule has 0 aliphatic rings. The fourth-order valence-corrected chi connectivity index (χ4v) is 2.21. The lowest BCUT2D eigenvalue weighted by Gasteiger charge is -2.01. The van der Waals surface area contributed by atoms with Crippen LogP contribution in [0.1, 0.15) is 18.4 Å². The van der Waals surface area contributed by atoms with Gasteiger partial charge in [0, 0.05) is 30.8 Å². The van der Waals surface area contributed by atoms with Crippen molar-refractivity contribution in [2.75, 3.05) is 0 Å². The summed E-state index contributed by atoms with van der Waals surface area (Å²) in [7, 11) is 0. The minimum Gasteiger partial charge on any atom is -0.361 e. The van der Waals surface area contributed by atoms with E-state index in [1.54, 1.807) is 11.8 Å². The zero-order chi connectivity index (χ0) is 10.7. The zero-order valence-corrected chi connectivity index (χ0v) is 9.62. The molecule has 5 heteroatoms. The Balaban J connectivity index is 1.98. The monoisotopic (exact) mass is 223 g/mol. The van der Waals surface area contributed by atoms with Crippen LogP contribution in [-0.4, -0.2) is 14.7 Å². The fraction of sp³-hybridized carbons (Fsp3) is 0.400. The van der Waals surface area contributed by atoms with Crippen molar-refractivity contribution in [2.24, 2.45) is 0 Å². The molecule has 0 unspecified atom stereocenters. The van der Waals surface area contributed by atoms with Crippen LogP contribution in [0.3, 0.4) is 0 Å². The zero-order valence-electron chi connectivity index (χ0n) is 8.80. The second kappa shape index (κ2) is 4.53. The number of thioether (sulfide) groups is 1. The molecule has 2 heterocycles. The van der Waals surface area contributed by atoms with E-state index >= 15 is 0 Å². The van der Waals surface area contributed by atoms with Crippen LogP contribution in [0.4, 0.5) is 0 Å². The van der Waals surface area contributed by atoms with Crippen LogP contribution >= 0.6 is 11.8 Å². The highest BCUT2D eigenvalue weighted by Crippen LogP contribution is 2.20. The first-order valence-electron chi connectivity index (χ1n) is 4.85. The molecule has 0 atom stereocenters. The van der Waals surface area contributed by atoms with Crippen LogP contribution < -0.4 is 0 Å². The van der Waals surface area contributed by atoms with E-state index in [2.05, 4.69) is 21.6 Å². The third kappa shape index (κ3) is 2.41. The molecule has 0 saturated heterocycles. The summed E-state index contributed by atoms with van der Waals surface area (Å²) >= 11 is 1.67. The van der Waals surface area contributed by atoms with Crippen LogP contribution in [0.25, 0.3) is 0 Å². The van der Waals surface area contributed by atoms with Crippen LogP contribution in [-0.2, 0) is 12.3 Å². The van der Waals surface area contributed by atoms with E-state index in [4.69, 9.17) is 4.52 Å². The van der Waals surface area contributed by atoms with Crippen LogP contribution in [0.15, 0.2) is 28.1 Å². The van der Waals surface area contributed by atoms with Crippen LogP contribution in [0, 0.1) is 6.92 Å². The van der Waals surface area contributed by atoms with Gasteiger partial charge in [0.15, 0.2) is 5.16 Å². The summed E-state index contributed by atoms with van der Waals surface area (Å²) in [5.74, 6) is 1.65. The first kappa shape index (κ1) is 10.3. The van der Waals surface area contributed by atoms with Crippen molar-refractivity contribution in [1.82, 2.24) is 14.7 Å². The van der Waals surface area contributed by atoms with E-state index in [0.29, 0.717) is 0 Å². The molecular formula is C10H13N3OS. The maximum atomic E-state index is 5.00. The molecule has 0 radical (unpaired) electrons. The molecule has 2 rings (SSSR count). The van der Waals surface area contributed by atoms with Gasteiger partial charge in [-0.2, -0.15) is 0 Å². The lowest BCUT2D eigenvalue weighted by molar-refractivity contribution is 0.393. The predicted molar refractivity (Wildman–Crippen MR) is 58.7 cm³/mol. The van der Waals surface area contributed by atoms with Crippen molar-refractivity contribution in [3.8, 4) is 0 Å². The molecule has 0 aromatic carbocycles. The van der Waals surface area contributed by atoms with Crippen molar-refractivity contribution in [2.45, 2.75) is 31.3 Å². The number of hydrogen-bond donors (Lipinski definition) is 0. The second-order valence-corrected chi connectivity index (χ2v) is 4.16. The van der Waals surface area contributed by atoms with E-state index in [-0.39, 0.29) is 0 Å². The molecule has 0 N–H and O–H groups in total. The molecule has 80 valence electrons. The maximum Gasteiger partial charge on any atom is 0.168 e. The molecule has 0 aliphatic heterocycles. The summed E-state index contributed by atoms with van der Waals surface area (Å²) in [4.78, 5) is 4.28. The quantitative estimate of drug-likeness (QED) is 0.747. The Morgan fingerprint density at radius 2 is 2.40 bits per heavy atom. The van der Waals surface area contributed by atoms with E-state index in [1.807, 2.05) is 25.4 Å². The second-order valence-electron chi connectivity index (χ2n) is 3.21. The molecule has 0 fully saturated rings. The van der Waals surface area contributed by atoms with E-state index in [1.165, 1.54) is 0 Å². The van der Waals surface area contributed by atoms with Gasteiger partial charge in [-0.15, -0.1) is 0 Å². The van der Waals surface area contributed by atoms with Crippen molar-refractivity contribution < 1.29 is 4.52 Å². The predicted octanol–water partition coefficient (Wildman–Crippen LogP) is 2.49. The van der Waals surface area contributed by atoms with E-state index < -0.39 is 0 Å². The Labute approximate surface area is 92.7 Å². The Kier molecular flexibility index (Phi) is 3.11. The number of nitrogens with zero attached hydrogens (tertiary/aromatic N) is 3. The summed E-state index contributed by atoms with van der Waals surface area (Å²) < 4.78 is 7.11. The smallest absolute Gasteiger partial charge is 0.168 e. The molecular weight excluding hydrogens is 210 g/mol. The van der Waals surface area contributed by atoms with Crippen molar-refractivity contribution >= 4 is 11.8 Å². The lowest BCUT2D eigenvalue weighted by atomic mass is 10.4. The molecule has 0 bridgehead atoms. The van der Waals surface area contributed by atoms with Gasteiger partial charge in [-0.1, -0.05) is 16.9 Å². The highest BCUT2D eigenvalue weighted by molar-refractivity contribution is 7.98. The SMILES string of the molecule is CCn1ccnc1SCc1cc(C)on1. The van der Waals surface area contributed by atoms with Crippen molar-refractivity contribution in [3.05, 3.63) is 29.9 Å². The molecule has 2 aromatic heterocycles. The van der Waals surface area contributed by atoms with Gasteiger partial charge in [0.2, 0.25) is 0 Å². The highest BCUT2D eigenvalue weighted by Gasteiger charge is 2.05. The summed E-state index contributed by atoms with van der Waals surface area (Å²) in [5.41, 5.74) is 0.961. The summed E-state index contributed by atoms with van der Waals surface area (Å²) in [6.07, 6.45) is 3.80. The summed E-state index contributed by atoms with van der Waals surface area (Å²) in [6.45, 7) is 4.94. The standard InChI is InChI=1S/C10H13N3OS/c1-3-13-5-4-11-10(13)15-7-9-6-8(2)14-12-9/h4-6H,3,7H2,1-2H3. The minimum absolute atomic E-state index is 0.800. The Morgan fingerprint density at radius 1 is 1.53 bits per heavy atom. The number of hydrogen-bond acceptors (Lipinski definition) is 4. The maximum absolute atomic E-state index is 5.00. The van der Waals surface area contributed by atoms with Gasteiger partial charge in [0.05, 0.1) is 5.69 Å². The molecule has 4 nitrogen and oxygen atoms in total. The molecule has 0 saturated carbocycles. The van der Waals surface area contributed by atoms with E-state index in [0.717, 1.165) is 28.9 Å². The van der Waals surface area contributed by atoms with Gasteiger partial charge in [-0.3, -0.25) is 0 Å². The van der Waals surface area contributed by atoms with Crippen LogP contribution in [0.5, 0.6) is 0 Å². The van der Waals surface area contributed by atoms with E-state index in [9.17, 15) is 0 Å². The lowest BCUT2D eigenvalue weighted by Crippen LogP contribution is -1.94. The average molecular weight is 223 g/mol. The number of aromatic nitrogens is 3. The molecule has 2 aromatic rings. The van der Waals surface area contributed by atoms with Crippen molar-refractivity contribution in [1.29, 1.82) is 0 Å². The van der Waals surface area contributed by atoms with Gasteiger partial charge >= 0.3 is 0 Å². The van der Waals surface area contributed by atoms with Gasteiger partial charge < -0.3 is 9.09 Å². The third-order valence-corrected chi connectivity index (χ3v) is 3.08. The normalized spacial score (nSPS) is 10.8. The molecule has 0 aliphatic carbocycles. The Bertz CT molecular complexity index is 435. The molecule has 15 heavy (non-hydrogen) atoms. The number of aryl methyl sites for hydroxylation is 2. The summed E-state index contributed by atoms with van der Waals surface area (Å²) in [6, 6.07) is 1.95. The molecule has 0 amide bonds. The topological polar surface area (TPSA) is 43.9 Å². The van der Waals surface area contributed by atoms with Gasteiger partial charge in [0.1, 0.15) is 5.76 Å². The van der Waals surface area contributed by atoms with Gasteiger partial charge in [0.25, 0.3) is 0 Å². The Morgan fingerprint density at radius 3 is 3.07 bits per heavy atom. The summed E-state index contributed by atoms with van der Waals surface area (Å²) in [5, 5.41) is 4.96. The Hall–Kier alpha value is -1.23. The van der Waals surface area contributed by atoms with Crippen LogP contribution in [0.2, 0.25) is 0 Å². The first-order chi connectivity index (χ1) is 7.29. The number of rotatable bonds is 4. The third-order valence-electron chi connectivity index (χ3n) is 2.04. The highest BCUT2D eigenvalue weighted by atomic mass is 32.2. The van der Waals surface area contributed by atoms with Gasteiger partial charge in [-0.05, 0) is 13.8 Å². The fourth-order valence-electron chi connectivity index (χ4n) is 1.30. The minimum atomic E-state index is 0.800. The average Bonchev–Trinajstić information content (AvgIpc) is 2.83. The first-order valence-corrected chi connectivity index (χ1v) is 5.84. The van der Waals surface area contributed by atoms with Gasteiger partial charge in [-0.25, -0.2) is 4.98 Å². The largest absolute Gasteiger partial charge is 0.361 e. The van der Waals surface area contributed by atoms with Crippen molar-refractivity contribution in [3.63, 3.8) is 0 Å². The molecule has 0 spiro atoms. The number of imidazole rings is 1.